The molecule has 0 radical (unpaired) electrons. The highest BCUT2D eigenvalue weighted by molar-refractivity contribution is 9.10. The van der Waals surface area contributed by atoms with Gasteiger partial charge in [-0.1, -0.05) is 58.4 Å². The maximum atomic E-state index is 5.91. The molecular weight excluding hydrogens is 402 g/mol. The van der Waals surface area contributed by atoms with E-state index in [-0.39, 0.29) is 0 Å². The lowest BCUT2D eigenvalue weighted by molar-refractivity contribution is 0.270. The molecule has 0 aliphatic carbocycles. The summed E-state index contributed by atoms with van der Waals surface area (Å²) in [5.74, 6) is 0.705. The fraction of sp³-hybridized carbons (Fsp3) is 0.318. The second kappa shape index (κ2) is 9.72. The average molecular weight is 428 g/mol. The van der Waals surface area contributed by atoms with Crippen LogP contribution >= 0.6 is 15.9 Å². The van der Waals surface area contributed by atoms with E-state index in [2.05, 4.69) is 94.2 Å². The lowest BCUT2D eigenvalue weighted by atomic mass is 10.1. The van der Waals surface area contributed by atoms with Crippen LogP contribution in [-0.4, -0.2) is 41.9 Å². The zero-order valence-electron chi connectivity index (χ0n) is 15.9. The molecule has 0 N–H and O–H groups in total. The summed E-state index contributed by atoms with van der Waals surface area (Å²) >= 11 is 3.49. The molecule has 0 atom stereocenters. The number of hydrogen-bond acceptors (Lipinski definition) is 3. The molecule has 0 fully saturated rings. The molecule has 5 heteroatoms. The molecular formula is C22H26BrN3O. The molecule has 0 spiro atoms. The van der Waals surface area contributed by atoms with Crippen molar-refractivity contribution in [1.29, 1.82) is 0 Å². The third-order valence-electron chi connectivity index (χ3n) is 4.31. The number of hydrogen-bond donors (Lipinski definition) is 0. The Morgan fingerprint density at radius 3 is 2.44 bits per heavy atom. The largest absolute Gasteiger partial charge is 0.477 e. The van der Waals surface area contributed by atoms with Crippen LogP contribution in [0.3, 0.4) is 0 Å². The van der Waals surface area contributed by atoms with Gasteiger partial charge in [-0.2, -0.15) is 0 Å². The highest BCUT2D eigenvalue weighted by Gasteiger charge is 2.11. The van der Waals surface area contributed by atoms with E-state index in [9.17, 15) is 0 Å². The Balaban J connectivity index is 1.74. The maximum absolute atomic E-state index is 5.91. The maximum Gasteiger partial charge on any atom is 0.233 e. The number of rotatable bonds is 9. The molecule has 142 valence electrons. The van der Waals surface area contributed by atoms with Crippen molar-refractivity contribution in [2.75, 3.05) is 27.2 Å². The van der Waals surface area contributed by atoms with Crippen LogP contribution < -0.4 is 4.74 Å². The second-order valence-electron chi connectivity index (χ2n) is 6.93. The van der Waals surface area contributed by atoms with Crippen molar-refractivity contribution >= 4 is 15.9 Å². The van der Waals surface area contributed by atoms with Crippen molar-refractivity contribution in [2.24, 2.45) is 0 Å². The van der Waals surface area contributed by atoms with Crippen LogP contribution in [0.5, 0.6) is 5.88 Å². The Kier molecular flexibility index (Phi) is 7.07. The zero-order chi connectivity index (χ0) is 19.1. The third kappa shape index (κ3) is 6.22. The van der Waals surface area contributed by atoms with Gasteiger partial charge in [-0.3, -0.25) is 4.68 Å². The normalized spacial score (nSPS) is 11.1. The van der Waals surface area contributed by atoms with E-state index < -0.39 is 0 Å². The molecule has 0 bridgehead atoms. The molecule has 1 heterocycles. The van der Waals surface area contributed by atoms with E-state index >= 15 is 0 Å². The molecule has 0 aliphatic rings. The topological polar surface area (TPSA) is 30.3 Å². The molecule has 0 saturated heterocycles. The van der Waals surface area contributed by atoms with Crippen LogP contribution in [0.25, 0.3) is 0 Å². The van der Waals surface area contributed by atoms with Crippen molar-refractivity contribution in [2.45, 2.75) is 19.4 Å². The van der Waals surface area contributed by atoms with Crippen molar-refractivity contribution in [3.8, 4) is 5.88 Å². The van der Waals surface area contributed by atoms with Gasteiger partial charge in [0.15, 0.2) is 0 Å². The number of halogens is 1. The monoisotopic (exact) mass is 427 g/mol. The van der Waals surface area contributed by atoms with Gasteiger partial charge in [0.25, 0.3) is 0 Å². The van der Waals surface area contributed by atoms with Crippen LogP contribution in [0.4, 0.5) is 0 Å². The molecule has 27 heavy (non-hydrogen) atoms. The van der Waals surface area contributed by atoms with Gasteiger partial charge >= 0.3 is 0 Å². The van der Waals surface area contributed by atoms with Gasteiger partial charge in [-0.05, 0) is 43.8 Å². The Hall–Kier alpha value is -2.11. The SMILES string of the molecule is CN(C)CCCOc1cc(Cc2ccccc2)n(Cc2ccc(Br)cc2)n1. The quantitative estimate of drug-likeness (QED) is 0.466. The Morgan fingerprint density at radius 2 is 1.74 bits per heavy atom. The Labute approximate surface area is 169 Å². The van der Waals surface area contributed by atoms with Crippen molar-refractivity contribution in [3.63, 3.8) is 0 Å². The third-order valence-corrected chi connectivity index (χ3v) is 4.84. The first kappa shape index (κ1) is 19.6. The van der Waals surface area contributed by atoms with Crippen LogP contribution in [0.1, 0.15) is 23.2 Å². The molecule has 4 nitrogen and oxygen atoms in total. The molecule has 0 aliphatic heterocycles. The fourth-order valence-corrected chi connectivity index (χ4v) is 3.17. The molecule has 3 rings (SSSR count). The van der Waals surface area contributed by atoms with Gasteiger partial charge in [-0.15, -0.1) is 5.10 Å². The molecule has 2 aromatic carbocycles. The smallest absolute Gasteiger partial charge is 0.233 e. The predicted octanol–water partition coefficient (Wildman–Crippen LogP) is 4.62. The van der Waals surface area contributed by atoms with Crippen molar-refractivity contribution < 1.29 is 4.74 Å². The van der Waals surface area contributed by atoms with E-state index in [0.717, 1.165) is 36.1 Å². The first-order chi connectivity index (χ1) is 13.1. The number of ether oxygens (including phenoxy) is 1. The van der Waals surface area contributed by atoms with Crippen LogP contribution in [-0.2, 0) is 13.0 Å². The van der Waals surface area contributed by atoms with E-state index in [0.29, 0.717) is 12.5 Å². The minimum absolute atomic E-state index is 0.679. The average Bonchev–Trinajstić information content (AvgIpc) is 3.03. The standard InChI is InChI=1S/C22H26BrN3O/c1-25(2)13-6-14-27-22-16-21(15-18-7-4-3-5-8-18)26(24-22)17-19-9-11-20(23)12-10-19/h3-5,7-12,16H,6,13-15,17H2,1-2H3. The fourth-order valence-electron chi connectivity index (χ4n) is 2.90. The first-order valence-electron chi connectivity index (χ1n) is 9.23. The Bertz CT molecular complexity index is 829. The Morgan fingerprint density at radius 1 is 1.00 bits per heavy atom. The number of benzene rings is 2. The summed E-state index contributed by atoms with van der Waals surface area (Å²) in [6.45, 7) is 2.42. The minimum atomic E-state index is 0.679. The van der Waals surface area contributed by atoms with E-state index in [4.69, 9.17) is 9.84 Å². The van der Waals surface area contributed by atoms with Crippen LogP contribution in [0.2, 0.25) is 0 Å². The van der Waals surface area contributed by atoms with E-state index in [1.54, 1.807) is 0 Å². The highest BCUT2D eigenvalue weighted by Crippen LogP contribution is 2.19. The molecule has 0 amide bonds. The van der Waals surface area contributed by atoms with Crippen molar-refractivity contribution in [3.05, 3.63) is 82.0 Å². The lowest BCUT2D eigenvalue weighted by Gasteiger charge is -2.09. The summed E-state index contributed by atoms with van der Waals surface area (Å²) in [6.07, 6.45) is 1.83. The summed E-state index contributed by atoms with van der Waals surface area (Å²) < 4.78 is 9.04. The molecule has 3 aromatic rings. The van der Waals surface area contributed by atoms with E-state index in [1.165, 1.54) is 11.1 Å². The number of aromatic nitrogens is 2. The molecule has 0 unspecified atom stereocenters. The zero-order valence-corrected chi connectivity index (χ0v) is 17.5. The molecule has 0 saturated carbocycles. The van der Waals surface area contributed by atoms with Crippen molar-refractivity contribution in [1.82, 2.24) is 14.7 Å². The molecule has 1 aromatic heterocycles. The van der Waals surface area contributed by atoms with Gasteiger partial charge in [0.05, 0.1) is 13.2 Å². The summed E-state index contributed by atoms with van der Waals surface area (Å²) in [5, 5.41) is 4.71. The highest BCUT2D eigenvalue weighted by atomic mass is 79.9. The summed E-state index contributed by atoms with van der Waals surface area (Å²) in [6, 6.07) is 20.9. The van der Waals surface area contributed by atoms with Crippen LogP contribution in [0, 0.1) is 0 Å². The summed E-state index contributed by atoms with van der Waals surface area (Å²) in [7, 11) is 4.15. The van der Waals surface area contributed by atoms with E-state index in [1.807, 2.05) is 6.07 Å². The van der Waals surface area contributed by atoms with Gasteiger partial charge in [0.1, 0.15) is 0 Å². The van der Waals surface area contributed by atoms with Gasteiger partial charge in [0.2, 0.25) is 5.88 Å². The van der Waals surface area contributed by atoms with Gasteiger partial charge in [-0.25, -0.2) is 0 Å². The van der Waals surface area contributed by atoms with Gasteiger partial charge in [0, 0.05) is 29.2 Å². The van der Waals surface area contributed by atoms with Gasteiger partial charge < -0.3 is 9.64 Å². The first-order valence-corrected chi connectivity index (χ1v) is 10.0. The minimum Gasteiger partial charge on any atom is -0.477 e. The van der Waals surface area contributed by atoms with Crippen LogP contribution in [0.15, 0.2) is 65.1 Å². The lowest BCUT2D eigenvalue weighted by Crippen LogP contribution is -2.15. The predicted molar refractivity (Wildman–Crippen MR) is 113 cm³/mol. The number of nitrogens with zero attached hydrogens (tertiary/aromatic N) is 3. The second-order valence-corrected chi connectivity index (χ2v) is 7.84. The summed E-state index contributed by atoms with van der Waals surface area (Å²) in [5.41, 5.74) is 3.65. The summed E-state index contributed by atoms with van der Waals surface area (Å²) in [4.78, 5) is 2.16.